The van der Waals surface area contributed by atoms with Gasteiger partial charge in [0.25, 0.3) is 0 Å². The Labute approximate surface area is 79.7 Å². The lowest BCUT2D eigenvalue weighted by Crippen LogP contribution is -2.25. The van der Waals surface area contributed by atoms with E-state index in [4.69, 9.17) is 4.74 Å². The standard InChI is InChI=1S/C11H18O2/c1-3-7(2)11(12)13-10-6-8-4-9(10)5-8/h7-10H,3-6H2,1-2H3. The number of carbonyl (C=O) groups excluding carboxylic acids is 1. The first kappa shape index (κ1) is 9.04. The van der Waals surface area contributed by atoms with E-state index in [0.29, 0.717) is 5.92 Å². The van der Waals surface area contributed by atoms with Crippen LogP contribution < -0.4 is 0 Å². The van der Waals surface area contributed by atoms with E-state index in [-0.39, 0.29) is 18.0 Å². The molecule has 3 fully saturated rings. The molecule has 2 unspecified atom stereocenters. The highest BCUT2D eigenvalue weighted by Gasteiger charge is 2.46. The van der Waals surface area contributed by atoms with Gasteiger partial charge in [-0.25, -0.2) is 0 Å². The first-order valence-corrected chi connectivity index (χ1v) is 5.41. The first-order chi connectivity index (χ1) is 6.20. The normalized spacial score (nSPS) is 38.2. The van der Waals surface area contributed by atoms with E-state index in [1.165, 1.54) is 12.8 Å². The summed E-state index contributed by atoms with van der Waals surface area (Å²) >= 11 is 0. The minimum Gasteiger partial charge on any atom is -0.462 e. The van der Waals surface area contributed by atoms with Gasteiger partial charge in [-0.1, -0.05) is 13.8 Å². The van der Waals surface area contributed by atoms with Crippen LogP contribution in [0.1, 0.15) is 39.5 Å². The maximum absolute atomic E-state index is 11.5. The van der Waals surface area contributed by atoms with Crippen molar-refractivity contribution in [2.24, 2.45) is 17.8 Å². The van der Waals surface area contributed by atoms with Gasteiger partial charge in [-0.05, 0) is 37.5 Å². The molecule has 3 rings (SSSR count). The molecule has 0 aromatic rings. The molecule has 0 aromatic heterocycles. The van der Waals surface area contributed by atoms with Crippen molar-refractivity contribution >= 4 is 5.97 Å². The van der Waals surface area contributed by atoms with Crippen molar-refractivity contribution < 1.29 is 9.53 Å². The molecule has 3 saturated carbocycles. The molecular formula is C11H18O2. The third kappa shape index (κ3) is 1.59. The minimum absolute atomic E-state index is 0.0139. The van der Waals surface area contributed by atoms with E-state index in [0.717, 1.165) is 18.8 Å². The van der Waals surface area contributed by atoms with Crippen LogP contribution in [0.4, 0.5) is 0 Å². The van der Waals surface area contributed by atoms with Gasteiger partial charge < -0.3 is 4.74 Å². The lowest BCUT2D eigenvalue weighted by Gasteiger charge is -2.24. The highest BCUT2D eigenvalue weighted by molar-refractivity contribution is 5.72. The van der Waals surface area contributed by atoms with Gasteiger partial charge in [0.15, 0.2) is 0 Å². The quantitative estimate of drug-likeness (QED) is 0.626. The smallest absolute Gasteiger partial charge is 0.308 e. The second-order valence-corrected chi connectivity index (χ2v) is 4.62. The molecule has 3 aliphatic carbocycles. The van der Waals surface area contributed by atoms with Crippen molar-refractivity contribution in [3.63, 3.8) is 0 Å². The molecule has 2 nitrogen and oxygen atoms in total. The van der Waals surface area contributed by atoms with Gasteiger partial charge in [0.1, 0.15) is 6.10 Å². The van der Waals surface area contributed by atoms with Crippen molar-refractivity contribution in [2.75, 3.05) is 0 Å². The minimum atomic E-state index is 0.0139. The molecule has 0 saturated heterocycles. The molecule has 3 aliphatic rings. The zero-order valence-corrected chi connectivity index (χ0v) is 8.45. The molecule has 0 aromatic carbocycles. The molecule has 0 amide bonds. The van der Waals surface area contributed by atoms with Crippen molar-refractivity contribution in [3.8, 4) is 0 Å². The number of hydrogen-bond donors (Lipinski definition) is 0. The summed E-state index contributed by atoms with van der Waals surface area (Å²) in [5.41, 5.74) is 0. The fraction of sp³-hybridized carbons (Fsp3) is 0.909. The Morgan fingerprint density at radius 2 is 2.15 bits per heavy atom. The van der Waals surface area contributed by atoms with E-state index < -0.39 is 0 Å². The van der Waals surface area contributed by atoms with Crippen molar-refractivity contribution in [1.82, 2.24) is 0 Å². The van der Waals surface area contributed by atoms with E-state index in [1.54, 1.807) is 0 Å². The number of hydrogen-bond acceptors (Lipinski definition) is 2. The fourth-order valence-corrected chi connectivity index (χ4v) is 2.38. The number of ether oxygens (including phenoxy) is 1. The Balaban J connectivity index is 1.81. The second-order valence-electron chi connectivity index (χ2n) is 4.62. The van der Waals surface area contributed by atoms with Crippen LogP contribution in [-0.2, 0) is 9.53 Å². The molecule has 0 spiro atoms. The lowest BCUT2D eigenvalue weighted by atomic mass is 9.84. The molecule has 2 bridgehead atoms. The van der Waals surface area contributed by atoms with Gasteiger partial charge in [0.05, 0.1) is 5.92 Å². The van der Waals surface area contributed by atoms with Crippen molar-refractivity contribution in [2.45, 2.75) is 45.6 Å². The van der Waals surface area contributed by atoms with E-state index >= 15 is 0 Å². The number of carbonyl (C=O) groups is 1. The highest BCUT2D eigenvalue weighted by Crippen LogP contribution is 2.49. The Bertz CT molecular complexity index is 206. The van der Waals surface area contributed by atoms with Crippen LogP contribution in [-0.4, -0.2) is 12.1 Å². The molecule has 2 atom stereocenters. The summed E-state index contributed by atoms with van der Waals surface area (Å²) in [5, 5.41) is 0. The maximum Gasteiger partial charge on any atom is 0.308 e. The van der Waals surface area contributed by atoms with Crippen LogP contribution in [0, 0.1) is 17.8 Å². The summed E-state index contributed by atoms with van der Waals surface area (Å²) in [6.45, 7) is 3.97. The SMILES string of the molecule is CCC(C)C(=O)OC1CC2CC1C2. The van der Waals surface area contributed by atoms with Gasteiger partial charge in [-0.15, -0.1) is 0 Å². The summed E-state index contributed by atoms with van der Waals surface area (Å²) in [6, 6.07) is 0. The average Bonchev–Trinajstić information content (AvgIpc) is 2.59. The van der Waals surface area contributed by atoms with Crippen molar-refractivity contribution in [3.05, 3.63) is 0 Å². The van der Waals surface area contributed by atoms with Crippen LogP contribution >= 0.6 is 0 Å². The van der Waals surface area contributed by atoms with Crippen LogP contribution in [0.2, 0.25) is 0 Å². The number of rotatable bonds is 3. The Kier molecular flexibility index (Phi) is 2.31. The predicted octanol–water partition coefficient (Wildman–Crippen LogP) is 2.37. The largest absolute Gasteiger partial charge is 0.462 e. The summed E-state index contributed by atoms with van der Waals surface area (Å²) in [4.78, 5) is 11.5. The summed E-state index contributed by atoms with van der Waals surface area (Å²) in [5.74, 6) is 1.68. The second kappa shape index (κ2) is 3.32. The first-order valence-electron chi connectivity index (χ1n) is 5.41. The Hall–Kier alpha value is -0.530. The van der Waals surface area contributed by atoms with Gasteiger partial charge >= 0.3 is 5.97 Å². The zero-order chi connectivity index (χ0) is 9.42. The molecular weight excluding hydrogens is 164 g/mol. The van der Waals surface area contributed by atoms with E-state index in [2.05, 4.69) is 0 Å². The zero-order valence-electron chi connectivity index (χ0n) is 8.45. The summed E-state index contributed by atoms with van der Waals surface area (Å²) < 4.78 is 5.48. The lowest BCUT2D eigenvalue weighted by molar-refractivity contribution is -0.154. The van der Waals surface area contributed by atoms with Crippen LogP contribution in [0.25, 0.3) is 0 Å². The molecule has 13 heavy (non-hydrogen) atoms. The van der Waals surface area contributed by atoms with Gasteiger partial charge in [0.2, 0.25) is 0 Å². The predicted molar refractivity (Wildman–Crippen MR) is 50.2 cm³/mol. The van der Waals surface area contributed by atoms with Gasteiger partial charge in [0, 0.05) is 0 Å². The van der Waals surface area contributed by atoms with Crippen LogP contribution in [0.15, 0.2) is 0 Å². The summed E-state index contributed by atoms with van der Waals surface area (Å²) in [6.07, 6.45) is 4.90. The van der Waals surface area contributed by atoms with Crippen LogP contribution in [0.3, 0.4) is 0 Å². The number of esters is 1. The molecule has 74 valence electrons. The maximum atomic E-state index is 11.5. The average molecular weight is 182 g/mol. The Morgan fingerprint density at radius 1 is 1.46 bits per heavy atom. The van der Waals surface area contributed by atoms with Crippen LogP contribution in [0.5, 0.6) is 0 Å². The van der Waals surface area contributed by atoms with Crippen molar-refractivity contribution in [1.29, 1.82) is 0 Å². The summed E-state index contributed by atoms with van der Waals surface area (Å²) in [7, 11) is 0. The molecule has 0 N–H and O–H groups in total. The number of fused-ring (bicyclic) bond motifs is 1. The fourth-order valence-electron chi connectivity index (χ4n) is 2.38. The molecule has 2 heteroatoms. The highest BCUT2D eigenvalue weighted by atomic mass is 16.5. The topological polar surface area (TPSA) is 26.3 Å². The van der Waals surface area contributed by atoms with Gasteiger partial charge in [-0.3, -0.25) is 4.79 Å². The monoisotopic (exact) mass is 182 g/mol. The molecule has 0 radical (unpaired) electrons. The molecule has 0 heterocycles. The third-order valence-electron chi connectivity index (χ3n) is 3.65. The van der Waals surface area contributed by atoms with E-state index in [1.807, 2.05) is 13.8 Å². The third-order valence-corrected chi connectivity index (χ3v) is 3.65. The Morgan fingerprint density at radius 3 is 2.62 bits per heavy atom. The van der Waals surface area contributed by atoms with E-state index in [9.17, 15) is 4.79 Å². The molecule has 0 aliphatic heterocycles. The van der Waals surface area contributed by atoms with Gasteiger partial charge in [-0.2, -0.15) is 0 Å².